The minimum absolute atomic E-state index is 0.114. The highest BCUT2D eigenvalue weighted by molar-refractivity contribution is 7.71. The first-order valence-corrected chi connectivity index (χ1v) is 9.50. The number of nitrogens with one attached hydrogen (secondary N) is 1. The fourth-order valence-corrected chi connectivity index (χ4v) is 3.04. The van der Waals surface area contributed by atoms with E-state index in [1.165, 1.54) is 0 Å². The normalized spacial score (nSPS) is 11.1. The molecule has 0 fully saturated rings. The molecule has 0 radical (unpaired) electrons. The van der Waals surface area contributed by atoms with Crippen LogP contribution in [0.5, 0.6) is 5.75 Å². The van der Waals surface area contributed by atoms with Crippen LogP contribution < -0.4 is 10.3 Å². The second kappa shape index (κ2) is 8.26. The highest BCUT2D eigenvalue weighted by Crippen LogP contribution is 2.25. The molecule has 0 saturated carbocycles. The summed E-state index contributed by atoms with van der Waals surface area (Å²) in [6.45, 7) is 1.59. The average Bonchev–Trinajstić information content (AvgIpc) is 3.21. The van der Waals surface area contributed by atoms with Crippen molar-refractivity contribution in [2.24, 2.45) is 5.10 Å². The van der Waals surface area contributed by atoms with Gasteiger partial charge in [-0.05, 0) is 55.5 Å². The maximum Gasteiger partial charge on any atom is 0.296 e. The number of hydrogen-bond donors (Lipinski definition) is 1. The first kappa shape index (κ1) is 19.5. The van der Waals surface area contributed by atoms with Gasteiger partial charge in [0.25, 0.3) is 5.56 Å². The van der Waals surface area contributed by atoms with Crippen molar-refractivity contribution in [3.8, 4) is 22.7 Å². The lowest BCUT2D eigenvalue weighted by molar-refractivity contribution is 0.415. The Balaban J connectivity index is 1.83. The van der Waals surface area contributed by atoms with Crippen LogP contribution in [0.4, 0.5) is 0 Å². The molecular weight excluding hydrogens is 400 g/mol. The van der Waals surface area contributed by atoms with E-state index in [1.807, 2.05) is 60.8 Å². The summed E-state index contributed by atoms with van der Waals surface area (Å²) >= 11 is 5.15. The number of aryl methyl sites for hydroxylation is 1. The smallest absolute Gasteiger partial charge is 0.296 e. The summed E-state index contributed by atoms with van der Waals surface area (Å²) < 4.78 is 8.23. The summed E-state index contributed by atoms with van der Waals surface area (Å²) in [7, 11) is 1.62. The maximum absolute atomic E-state index is 12.3. The maximum atomic E-state index is 12.3. The highest BCUT2D eigenvalue weighted by Gasteiger charge is 2.12. The van der Waals surface area contributed by atoms with Gasteiger partial charge in [0, 0.05) is 17.3 Å². The molecule has 30 heavy (non-hydrogen) atoms. The van der Waals surface area contributed by atoms with Crippen LogP contribution in [0, 0.1) is 11.7 Å². The van der Waals surface area contributed by atoms with Crippen LogP contribution in [0.2, 0.25) is 0 Å². The number of aromatic amines is 1. The van der Waals surface area contributed by atoms with Gasteiger partial charge in [-0.2, -0.15) is 20.0 Å². The van der Waals surface area contributed by atoms with Gasteiger partial charge in [0.1, 0.15) is 17.1 Å². The Bertz CT molecular complexity index is 1320. The van der Waals surface area contributed by atoms with Gasteiger partial charge in [0.15, 0.2) is 0 Å². The Labute approximate surface area is 177 Å². The molecule has 0 amide bonds. The van der Waals surface area contributed by atoms with Crippen molar-refractivity contribution in [3.05, 3.63) is 87.2 Å². The summed E-state index contributed by atoms with van der Waals surface area (Å²) in [6, 6.07) is 17.3. The van der Waals surface area contributed by atoms with Gasteiger partial charge in [-0.25, -0.2) is 4.68 Å². The van der Waals surface area contributed by atoms with Crippen molar-refractivity contribution in [2.45, 2.75) is 6.92 Å². The van der Waals surface area contributed by atoms with Gasteiger partial charge in [-0.1, -0.05) is 18.2 Å². The van der Waals surface area contributed by atoms with Gasteiger partial charge >= 0.3 is 0 Å². The van der Waals surface area contributed by atoms with E-state index in [-0.39, 0.29) is 16.0 Å². The van der Waals surface area contributed by atoms with E-state index in [2.05, 4.69) is 15.3 Å². The average molecular weight is 418 g/mol. The van der Waals surface area contributed by atoms with E-state index in [1.54, 1.807) is 24.9 Å². The number of rotatable bonds is 5. The molecule has 4 rings (SSSR count). The summed E-state index contributed by atoms with van der Waals surface area (Å²) in [6.07, 6.45) is 3.42. The molecular formula is C21H18N6O2S. The molecule has 0 unspecified atom stereocenters. The highest BCUT2D eigenvalue weighted by atomic mass is 32.1. The molecule has 0 aliphatic heterocycles. The lowest BCUT2D eigenvalue weighted by Crippen LogP contribution is -2.22. The second-order valence-electron chi connectivity index (χ2n) is 6.42. The minimum atomic E-state index is -0.378. The monoisotopic (exact) mass is 418 g/mol. The number of para-hydroxylation sites is 1. The predicted octanol–water partition coefficient (Wildman–Crippen LogP) is 3.35. The number of benzene rings is 2. The Kier molecular flexibility index (Phi) is 5.36. The van der Waals surface area contributed by atoms with Crippen molar-refractivity contribution in [1.29, 1.82) is 0 Å². The second-order valence-corrected chi connectivity index (χ2v) is 6.80. The minimum Gasteiger partial charge on any atom is -0.497 e. The van der Waals surface area contributed by atoms with Gasteiger partial charge in [-0.3, -0.25) is 9.89 Å². The molecule has 4 aromatic rings. The Morgan fingerprint density at radius 3 is 2.57 bits per heavy atom. The summed E-state index contributed by atoms with van der Waals surface area (Å²) in [5.41, 5.74) is 3.11. The molecule has 0 aliphatic rings. The largest absolute Gasteiger partial charge is 0.497 e. The van der Waals surface area contributed by atoms with Crippen molar-refractivity contribution >= 4 is 18.4 Å². The number of methoxy groups -OCH3 is 1. The number of H-pyrrole nitrogens is 1. The Morgan fingerprint density at radius 1 is 1.13 bits per heavy atom. The molecule has 0 aliphatic carbocycles. The van der Waals surface area contributed by atoms with E-state index >= 15 is 0 Å². The third-order valence-corrected chi connectivity index (χ3v) is 4.72. The molecule has 0 saturated heterocycles. The van der Waals surface area contributed by atoms with Crippen molar-refractivity contribution in [2.75, 3.05) is 7.11 Å². The zero-order valence-electron chi connectivity index (χ0n) is 16.3. The van der Waals surface area contributed by atoms with Crippen LogP contribution in [-0.2, 0) is 0 Å². The predicted molar refractivity (Wildman–Crippen MR) is 117 cm³/mol. The van der Waals surface area contributed by atoms with Crippen LogP contribution in [0.15, 0.2) is 70.7 Å². The van der Waals surface area contributed by atoms with Crippen LogP contribution >= 0.6 is 12.2 Å². The Morgan fingerprint density at radius 2 is 1.87 bits per heavy atom. The van der Waals surface area contributed by atoms with Gasteiger partial charge in [0.2, 0.25) is 4.77 Å². The Hall–Kier alpha value is -3.85. The number of aromatic nitrogens is 5. The molecule has 8 nitrogen and oxygen atoms in total. The van der Waals surface area contributed by atoms with E-state index in [4.69, 9.17) is 22.1 Å². The van der Waals surface area contributed by atoms with Crippen LogP contribution in [0.3, 0.4) is 0 Å². The molecule has 0 bridgehead atoms. The van der Waals surface area contributed by atoms with E-state index in [0.717, 1.165) is 27.2 Å². The molecule has 0 atom stereocenters. The lowest BCUT2D eigenvalue weighted by Gasteiger charge is -2.03. The fraction of sp³-hybridized carbons (Fsp3) is 0.0952. The summed E-state index contributed by atoms with van der Waals surface area (Å²) in [5.74, 6) is 0.751. The quantitative estimate of drug-likeness (QED) is 0.397. The van der Waals surface area contributed by atoms with Crippen molar-refractivity contribution < 1.29 is 4.74 Å². The van der Waals surface area contributed by atoms with E-state index in [9.17, 15) is 4.79 Å². The molecule has 0 spiro atoms. The number of nitrogens with zero attached hydrogens (tertiary/aromatic N) is 5. The van der Waals surface area contributed by atoms with Crippen LogP contribution in [-0.4, -0.2) is 38.0 Å². The number of ether oxygens (including phenoxy) is 1. The molecule has 9 heteroatoms. The summed E-state index contributed by atoms with van der Waals surface area (Å²) in [4.78, 5) is 12.3. The first-order chi connectivity index (χ1) is 14.6. The van der Waals surface area contributed by atoms with Crippen LogP contribution in [0.1, 0.15) is 11.3 Å². The molecule has 2 aromatic carbocycles. The first-order valence-electron chi connectivity index (χ1n) is 9.09. The van der Waals surface area contributed by atoms with Crippen molar-refractivity contribution in [1.82, 2.24) is 24.7 Å². The van der Waals surface area contributed by atoms with Gasteiger partial charge in [-0.15, -0.1) is 0 Å². The van der Waals surface area contributed by atoms with Crippen LogP contribution in [0.25, 0.3) is 16.9 Å². The van der Waals surface area contributed by atoms with Crippen molar-refractivity contribution in [3.63, 3.8) is 0 Å². The van der Waals surface area contributed by atoms with E-state index in [0.29, 0.717) is 5.69 Å². The fourth-order valence-electron chi connectivity index (χ4n) is 2.87. The van der Waals surface area contributed by atoms with Gasteiger partial charge in [0.05, 0.1) is 19.0 Å². The zero-order valence-corrected chi connectivity index (χ0v) is 17.1. The lowest BCUT2D eigenvalue weighted by atomic mass is 10.1. The molecule has 2 aromatic heterocycles. The SMILES string of the molecule is COc1ccc(-c2nn(-c3ccccc3)cc2C=Nn2c(=S)[nH]nc(C)c2=O)cc1. The molecule has 1 N–H and O–H groups in total. The van der Waals surface area contributed by atoms with E-state index < -0.39 is 0 Å². The third-order valence-electron chi connectivity index (χ3n) is 4.45. The third kappa shape index (κ3) is 3.83. The van der Waals surface area contributed by atoms with Gasteiger partial charge < -0.3 is 4.74 Å². The number of hydrogen-bond acceptors (Lipinski definition) is 6. The zero-order chi connectivity index (χ0) is 21.1. The molecule has 2 heterocycles. The molecule has 150 valence electrons. The summed E-state index contributed by atoms with van der Waals surface area (Å²) in [5, 5.41) is 15.5. The standard InChI is InChI=1S/C21H18N6O2S/c1-14-20(28)27(21(30)24-23-14)22-12-16-13-26(17-6-4-3-5-7-17)25-19(16)15-8-10-18(29-2)11-9-15/h3-13H,1-2H3,(H,24,30). The topological polar surface area (TPSA) is 90.1 Å².